The molecule has 0 fully saturated rings. The Hall–Kier alpha value is -0.503. The van der Waals surface area contributed by atoms with Crippen LogP contribution in [0.4, 0.5) is 0 Å². The summed E-state index contributed by atoms with van der Waals surface area (Å²) in [5, 5.41) is 0. The second-order valence-corrected chi connectivity index (χ2v) is 13.6. The van der Waals surface area contributed by atoms with Gasteiger partial charge in [-0.1, -0.05) is 47.6 Å². The summed E-state index contributed by atoms with van der Waals surface area (Å²) in [6, 6.07) is 0. The van der Waals surface area contributed by atoms with Crippen molar-refractivity contribution >= 4 is 8.32 Å². The Morgan fingerprint density at radius 1 is 0.909 bits per heavy atom. The van der Waals surface area contributed by atoms with Gasteiger partial charge in [-0.2, -0.15) is 0 Å². The third kappa shape index (κ3) is 6.32. The van der Waals surface area contributed by atoms with E-state index in [4.69, 9.17) is 4.43 Å². The fourth-order valence-corrected chi connectivity index (χ4v) is 4.16. The average Bonchev–Trinajstić information content (AvgIpc) is 2.54. The zero-order valence-corrected chi connectivity index (χ0v) is 17.4. The topological polar surface area (TPSA) is 9.23 Å². The van der Waals surface area contributed by atoms with E-state index in [1.165, 1.54) is 24.2 Å². The van der Waals surface area contributed by atoms with Crippen molar-refractivity contribution in [2.24, 2.45) is 23.7 Å². The molecule has 0 N–H and O–H groups in total. The van der Waals surface area contributed by atoms with Gasteiger partial charge >= 0.3 is 0 Å². The Balaban J connectivity index is 3.18. The molecule has 1 atom stereocenters. The van der Waals surface area contributed by atoms with Gasteiger partial charge in [0, 0.05) is 5.92 Å². The SMILES string of the molecule is CC(C)CC1=CC(CC(C)C)C(O[Si](C)(C)C)=C1CC(C)C. The van der Waals surface area contributed by atoms with Crippen LogP contribution in [0.15, 0.2) is 23.0 Å². The first-order valence-electron chi connectivity index (χ1n) is 9.12. The minimum absolute atomic E-state index is 0.509. The predicted molar refractivity (Wildman–Crippen MR) is 101 cm³/mol. The molecule has 1 unspecified atom stereocenters. The number of rotatable bonds is 8. The van der Waals surface area contributed by atoms with Gasteiger partial charge in [-0.05, 0) is 67.8 Å². The van der Waals surface area contributed by atoms with Crippen molar-refractivity contribution < 1.29 is 4.43 Å². The van der Waals surface area contributed by atoms with Crippen LogP contribution in [-0.4, -0.2) is 8.32 Å². The molecular weight excluding hydrogens is 284 g/mol. The Kier molecular flexibility index (Phi) is 6.98. The maximum absolute atomic E-state index is 6.60. The molecule has 1 aliphatic carbocycles. The Bertz CT molecular complexity index is 421. The zero-order chi connectivity index (χ0) is 17.1. The van der Waals surface area contributed by atoms with Crippen molar-refractivity contribution in [3.05, 3.63) is 23.0 Å². The molecule has 0 bridgehead atoms. The molecule has 0 radical (unpaired) electrons. The largest absolute Gasteiger partial charge is 0.547 e. The standard InChI is InChI=1S/C20H38OSi/c1-14(2)10-17-13-18(11-15(3)4)20(21-22(7,8)9)19(17)12-16(5)6/h13-16,18H,10-12H2,1-9H3. The Morgan fingerprint density at radius 3 is 1.86 bits per heavy atom. The summed E-state index contributed by atoms with van der Waals surface area (Å²) in [6.45, 7) is 20.8. The molecule has 0 saturated heterocycles. The van der Waals surface area contributed by atoms with Crippen LogP contribution in [0.1, 0.15) is 60.8 Å². The summed E-state index contributed by atoms with van der Waals surface area (Å²) in [5.74, 6) is 3.94. The normalized spacial score (nSPS) is 19.6. The van der Waals surface area contributed by atoms with E-state index in [9.17, 15) is 0 Å². The molecule has 0 spiro atoms. The minimum atomic E-state index is -1.57. The lowest BCUT2D eigenvalue weighted by Gasteiger charge is -2.27. The van der Waals surface area contributed by atoms with Gasteiger partial charge in [0.15, 0.2) is 0 Å². The van der Waals surface area contributed by atoms with Crippen molar-refractivity contribution in [2.75, 3.05) is 0 Å². The molecule has 1 nitrogen and oxygen atoms in total. The highest BCUT2D eigenvalue weighted by Crippen LogP contribution is 2.42. The van der Waals surface area contributed by atoms with Gasteiger partial charge in [0.2, 0.25) is 8.32 Å². The highest BCUT2D eigenvalue weighted by Gasteiger charge is 2.32. The lowest BCUT2D eigenvalue weighted by Crippen LogP contribution is -2.27. The van der Waals surface area contributed by atoms with Gasteiger partial charge in [-0.25, -0.2) is 0 Å². The van der Waals surface area contributed by atoms with Crippen molar-refractivity contribution in [1.29, 1.82) is 0 Å². The van der Waals surface area contributed by atoms with Gasteiger partial charge in [0.25, 0.3) is 0 Å². The first-order chi connectivity index (χ1) is 9.99. The van der Waals surface area contributed by atoms with Gasteiger partial charge < -0.3 is 4.43 Å². The van der Waals surface area contributed by atoms with E-state index in [-0.39, 0.29) is 0 Å². The van der Waals surface area contributed by atoms with Crippen LogP contribution >= 0.6 is 0 Å². The number of hydrogen-bond donors (Lipinski definition) is 0. The molecule has 0 aromatic heterocycles. The Morgan fingerprint density at radius 2 is 1.45 bits per heavy atom. The fourth-order valence-electron chi connectivity index (χ4n) is 3.22. The summed E-state index contributed by atoms with van der Waals surface area (Å²) in [4.78, 5) is 0. The molecule has 0 aliphatic heterocycles. The molecule has 0 aromatic rings. The maximum atomic E-state index is 6.60. The van der Waals surface area contributed by atoms with Crippen LogP contribution in [0.5, 0.6) is 0 Å². The van der Waals surface area contributed by atoms with Gasteiger partial charge in [-0.3, -0.25) is 0 Å². The van der Waals surface area contributed by atoms with Gasteiger partial charge in [0.05, 0.1) is 5.76 Å². The molecular formula is C20H38OSi. The van der Waals surface area contributed by atoms with Crippen LogP contribution < -0.4 is 0 Å². The van der Waals surface area contributed by atoms with E-state index in [0.29, 0.717) is 23.7 Å². The first-order valence-corrected chi connectivity index (χ1v) is 12.5. The van der Waals surface area contributed by atoms with E-state index in [0.717, 1.165) is 6.42 Å². The Labute approximate surface area is 140 Å². The van der Waals surface area contributed by atoms with Crippen molar-refractivity contribution in [1.82, 2.24) is 0 Å². The maximum Gasteiger partial charge on any atom is 0.241 e. The lowest BCUT2D eigenvalue weighted by molar-refractivity contribution is 0.339. The van der Waals surface area contributed by atoms with Crippen LogP contribution in [0.3, 0.4) is 0 Å². The molecule has 0 aromatic carbocycles. The second kappa shape index (κ2) is 7.85. The van der Waals surface area contributed by atoms with E-state index >= 15 is 0 Å². The van der Waals surface area contributed by atoms with E-state index in [1.54, 1.807) is 5.57 Å². The summed E-state index contributed by atoms with van der Waals surface area (Å²) in [6.07, 6.45) is 6.10. The van der Waals surface area contributed by atoms with Crippen molar-refractivity contribution in [2.45, 2.75) is 80.4 Å². The second-order valence-electron chi connectivity index (χ2n) is 9.18. The highest BCUT2D eigenvalue weighted by atomic mass is 28.4. The molecule has 0 amide bonds. The van der Waals surface area contributed by atoms with E-state index in [2.05, 4.69) is 67.3 Å². The predicted octanol–water partition coefficient (Wildman–Crippen LogP) is 6.79. The molecule has 0 saturated carbocycles. The number of allylic oxidation sites excluding steroid dienone is 3. The minimum Gasteiger partial charge on any atom is -0.547 e. The smallest absolute Gasteiger partial charge is 0.241 e. The quantitative estimate of drug-likeness (QED) is 0.447. The molecule has 128 valence electrons. The molecule has 2 heteroatoms. The fraction of sp³-hybridized carbons (Fsp3) is 0.800. The lowest BCUT2D eigenvalue weighted by atomic mass is 9.93. The van der Waals surface area contributed by atoms with E-state index < -0.39 is 8.32 Å². The van der Waals surface area contributed by atoms with Crippen LogP contribution in [0.2, 0.25) is 19.6 Å². The summed E-state index contributed by atoms with van der Waals surface area (Å²) >= 11 is 0. The summed E-state index contributed by atoms with van der Waals surface area (Å²) < 4.78 is 6.60. The molecule has 1 rings (SSSR count). The first kappa shape index (κ1) is 19.5. The molecule has 0 heterocycles. The third-order valence-electron chi connectivity index (χ3n) is 3.81. The van der Waals surface area contributed by atoms with Gasteiger partial charge in [0.1, 0.15) is 0 Å². The van der Waals surface area contributed by atoms with Crippen LogP contribution in [0.25, 0.3) is 0 Å². The van der Waals surface area contributed by atoms with Crippen LogP contribution in [-0.2, 0) is 4.43 Å². The highest BCUT2D eigenvalue weighted by molar-refractivity contribution is 6.70. The molecule has 1 aliphatic rings. The van der Waals surface area contributed by atoms with E-state index in [1.807, 2.05) is 0 Å². The van der Waals surface area contributed by atoms with Gasteiger partial charge in [-0.15, -0.1) is 0 Å². The van der Waals surface area contributed by atoms with Crippen molar-refractivity contribution in [3.63, 3.8) is 0 Å². The zero-order valence-electron chi connectivity index (χ0n) is 16.4. The van der Waals surface area contributed by atoms with Crippen LogP contribution in [0, 0.1) is 23.7 Å². The summed E-state index contributed by atoms with van der Waals surface area (Å²) in [5.41, 5.74) is 3.11. The summed E-state index contributed by atoms with van der Waals surface area (Å²) in [7, 11) is -1.57. The average molecular weight is 323 g/mol. The van der Waals surface area contributed by atoms with Crippen molar-refractivity contribution in [3.8, 4) is 0 Å². The third-order valence-corrected chi connectivity index (χ3v) is 4.64. The monoisotopic (exact) mass is 322 g/mol. The number of hydrogen-bond acceptors (Lipinski definition) is 1. The molecule has 22 heavy (non-hydrogen) atoms.